The molecule has 0 bridgehead atoms. The number of aliphatic hydroxyl groups excluding tert-OH is 1. The summed E-state index contributed by atoms with van der Waals surface area (Å²) in [4.78, 5) is 14.3. The van der Waals surface area contributed by atoms with Crippen molar-refractivity contribution in [2.75, 3.05) is 13.2 Å². The van der Waals surface area contributed by atoms with Crippen LogP contribution in [0.4, 0.5) is 0 Å². The van der Waals surface area contributed by atoms with E-state index < -0.39 is 11.2 Å². The Labute approximate surface area is 109 Å². The lowest BCUT2D eigenvalue weighted by Gasteiger charge is -2.11. The molecular formula is C13H14NO5+. The first-order chi connectivity index (χ1) is 9.16. The number of nitrogens with zero attached hydrogens (tertiary/aromatic N) is 1. The minimum absolute atomic E-state index is 0.0398. The Kier molecular flexibility index (Phi) is 4.15. The molecule has 0 spiro atoms. The van der Waals surface area contributed by atoms with E-state index in [0.29, 0.717) is 5.75 Å². The fourth-order valence-electron chi connectivity index (χ4n) is 1.71. The molecule has 2 N–H and O–H groups in total. The molecule has 0 heterocycles. The summed E-state index contributed by atoms with van der Waals surface area (Å²) in [7, 11) is 0. The second-order valence-electron chi connectivity index (χ2n) is 3.98. The molecule has 0 aliphatic rings. The monoisotopic (exact) mass is 264 g/mol. The van der Waals surface area contributed by atoms with Gasteiger partial charge in [0.15, 0.2) is 6.61 Å². The minimum atomic E-state index is -1.01. The maximum Gasteiger partial charge on any atom is 0.475 e. The van der Waals surface area contributed by atoms with Gasteiger partial charge in [0.25, 0.3) is 0 Å². The highest BCUT2D eigenvalue weighted by Crippen LogP contribution is 2.25. The summed E-state index contributed by atoms with van der Waals surface area (Å²) in [6.07, 6.45) is -1.01. The van der Waals surface area contributed by atoms with Crippen molar-refractivity contribution in [3.8, 4) is 5.75 Å². The van der Waals surface area contributed by atoms with Crippen molar-refractivity contribution in [3.05, 3.63) is 47.4 Å². The van der Waals surface area contributed by atoms with Gasteiger partial charge in [0, 0.05) is 5.39 Å². The third-order valence-electron chi connectivity index (χ3n) is 2.56. The predicted molar refractivity (Wildman–Crippen MR) is 66.8 cm³/mol. The maximum absolute atomic E-state index is 10.1. The Morgan fingerprint density at radius 3 is 2.63 bits per heavy atom. The minimum Gasteiger partial charge on any atom is -0.490 e. The van der Waals surface area contributed by atoms with E-state index in [9.17, 15) is 10.0 Å². The van der Waals surface area contributed by atoms with Gasteiger partial charge in [-0.2, -0.15) is 4.84 Å². The van der Waals surface area contributed by atoms with E-state index in [-0.39, 0.29) is 13.2 Å². The second kappa shape index (κ2) is 6.01. The van der Waals surface area contributed by atoms with E-state index in [1.54, 1.807) is 6.07 Å². The lowest BCUT2D eigenvalue weighted by molar-refractivity contribution is -0.976. The molecule has 2 aromatic carbocycles. The lowest BCUT2D eigenvalue weighted by Crippen LogP contribution is -2.25. The quantitative estimate of drug-likeness (QED) is 0.776. The molecule has 6 nitrogen and oxygen atoms in total. The summed E-state index contributed by atoms with van der Waals surface area (Å²) in [5.41, 5.74) is 0. The van der Waals surface area contributed by atoms with Gasteiger partial charge in [0.05, 0.1) is 0 Å². The number of fused-ring (bicyclic) bond motifs is 1. The van der Waals surface area contributed by atoms with Crippen LogP contribution in [-0.2, 0) is 4.84 Å². The normalized spacial score (nSPS) is 12.1. The summed E-state index contributed by atoms with van der Waals surface area (Å²) in [5, 5.41) is 19.0. The number of aliphatic hydroxyl groups is 1. The first kappa shape index (κ1) is 13.1. The van der Waals surface area contributed by atoms with Crippen LogP contribution in [-0.4, -0.2) is 34.7 Å². The molecule has 0 fully saturated rings. The van der Waals surface area contributed by atoms with Gasteiger partial charge in [0.1, 0.15) is 23.4 Å². The van der Waals surface area contributed by atoms with E-state index in [0.717, 1.165) is 10.8 Å². The van der Waals surface area contributed by atoms with Crippen LogP contribution in [0.2, 0.25) is 0 Å². The Bertz CT molecular complexity index is 566. The third-order valence-corrected chi connectivity index (χ3v) is 2.56. The summed E-state index contributed by atoms with van der Waals surface area (Å²) in [6.45, 7) is -0.382. The van der Waals surface area contributed by atoms with Crippen molar-refractivity contribution in [1.82, 2.24) is 0 Å². The molecule has 0 radical (unpaired) electrons. The van der Waals surface area contributed by atoms with Crippen LogP contribution >= 0.6 is 0 Å². The van der Waals surface area contributed by atoms with Gasteiger partial charge >= 0.3 is 5.09 Å². The molecule has 2 rings (SSSR count). The maximum atomic E-state index is 10.1. The van der Waals surface area contributed by atoms with Crippen LogP contribution in [0.3, 0.4) is 0 Å². The topological polar surface area (TPSA) is 79.0 Å². The second-order valence-corrected chi connectivity index (χ2v) is 3.98. The van der Waals surface area contributed by atoms with Crippen molar-refractivity contribution in [3.63, 3.8) is 0 Å². The van der Waals surface area contributed by atoms with Crippen LogP contribution in [0.15, 0.2) is 42.5 Å². The summed E-state index contributed by atoms with van der Waals surface area (Å²) in [5.74, 6) is 0.639. The fourth-order valence-corrected chi connectivity index (χ4v) is 1.71. The SMILES string of the molecule is O=[N+](O)OCC(O)COc1cccc2ccccc12. The molecule has 1 atom stereocenters. The van der Waals surface area contributed by atoms with E-state index >= 15 is 0 Å². The molecule has 0 saturated heterocycles. The molecule has 19 heavy (non-hydrogen) atoms. The van der Waals surface area contributed by atoms with Crippen molar-refractivity contribution in [1.29, 1.82) is 0 Å². The van der Waals surface area contributed by atoms with E-state index in [2.05, 4.69) is 4.84 Å². The van der Waals surface area contributed by atoms with Crippen LogP contribution in [0, 0.1) is 4.91 Å². The Hall–Kier alpha value is -2.34. The fraction of sp³-hybridized carbons (Fsp3) is 0.231. The molecule has 0 aliphatic carbocycles. The first-order valence-electron chi connectivity index (χ1n) is 5.74. The van der Waals surface area contributed by atoms with Crippen molar-refractivity contribution in [2.45, 2.75) is 6.10 Å². The van der Waals surface area contributed by atoms with Gasteiger partial charge in [-0.05, 0) is 11.5 Å². The smallest absolute Gasteiger partial charge is 0.475 e. The van der Waals surface area contributed by atoms with E-state index in [4.69, 9.17) is 9.94 Å². The number of ether oxygens (including phenoxy) is 1. The molecule has 0 amide bonds. The lowest BCUT2D eigenvalue weighted by atomic mass is 10.1. The van der Waals surface area contributed by atoms with Crippen molar-refractivity contribution in [2.24, 2.45) is 0 Å². The first-order valence-corrected chi connectivity index (χ1v) is 5.74. The number of hydrogen-bond acceptors (Lipinski definition) is 4. The molecule has 0 aromatic heterocycles. The van der Waals surface area contributed by atoms with Gasteiger partial charge < -0.3 is 9.84 Å². The Balaban J connectivity index is 2.00. The average molecular weight is 264 g/mol. The zero-order chi connectivity index (χ0) is 13.7. The molecule has 6 heteroatoms. The van der Waals surface area contributed by atoms with E-state index in [1.807, 2.05) is 36.4 Å². The Morgan fingerprint density at radius 2 is 1.84 bits per heavy atom. The van der Waals surface area contributed by atoms with Crippen molar-refractivity contribution < 1.29 is 25.0 Å². The van der Waals surface area contributed by atoms with Gasteiger partial charge in [0.2, 0.25) is 0 Å². The highest BCUT2D eigenvalue weighted by Gasteiger charge is 2.13. The Morgan fingerprint density at radius 1 is 1.11 bits per heavy atom. The van der Waals surface area contributed by atoms with Gasteiger partial charge in [-0.3, -0.25) is 0 Å². The molecule has 0 saturated carbocycles. The van der Waals surface area contributed by atoms with E-state index in [1.165, 1.54) is 0 Å². The summed E-state index contributed by atoms with van der Waals surface area (Å²) < 4.78 is 5.48. The van der Waals surface area contributed by atoms with Gasteiger partial charge in [-0.25, -0.2) is 5.21 Å². The summed E-state index contributed by atoms with van der Waals surface area (Å²) >= 11 is 0. The van der Waals surface area contributed by atoms with Crippen molar-refractivity contribution >= 4 is 10.8 Å². The molecule has 2 aromatic rings. The van der Waals surface area contributed by atoms with Crippen LogP contribution in [0.5, 0.6) is 5.75 Å². The third kappa shape index (κ3) is 3.56. The zero-order valence-corrected chi connectivity index (χ0v) is 10.1. The van der Waals surface area contributed by atoms with Crippen LogP contribution < -0.4 is 4.74 Å². The molecule has 100 valence electrons. The number of rotatable bonds is 6. The number of hydrogen-bond donors (Lipinski definition) is 2. The highest BCUT2D eigenvalue weighted by molar-refractivity contribution is 5.88. The molecular weight excluding hydrogens is 250 g/mol. The average Bonchev–Trinajstić information content (AvgIpc) is 2.42. The van der Waals surface area contributed by atoms with Crippen LogP contribution in [0.25, 0.3) is 10.8 Å². The van der Waals surface area contributed by atoms with Crippen LogP contribution in [0.1, 0.15) is 0 Å². The predicted octanol–water partition coefficient (Wildman–Crippen LogP) is 1.68. The number of benzene rings is 2. The van der Waals surface area contributed by atoms with Gasteiger partial charge in [-0.15, -0.1) is 0 Å². The highest BCUT2D eigenvalue weighted by atomic mass is 17.0. The molecule has 0 aliphatic heterocycles. The standard InChI is InChI=1S/C13H14NO5/c15-11(9-19-14(16)17)8-18-13-7-3-5-10-4-1-2-6-12(10)13/h1-7,11,15H,8-9H2,(H,16,17)/q+1. The summed E-state index contributed by atoms with van der Waals surface area (Å²) in [6, 6.07) is 13.3. The zero-order valence-electron chi connectivity index (χ0n) is 10.1. The van der Waals surface area contributed by atoms with Gasteiger partial charge in [-0.1, -0.05) is 36.4 Å². The molecule has 1 unspecified atom stereocenters. The largest absolute Gasteiger partial charge is 0.490 e.